The van der Waals surface area contributed by atoms with E-state index in [0.29, 0.717) is 25.6 Å². The fourth-order valence-electron chi connectivity index (χ4n) is 2.48. The molecule has 1 saturated heterocycles. The number of hydrogen-bond donors (Lipinski definition) is 2. The van der Waals surface area contributed by atoms with Gasteiger partial charge in [0.25, 0.3) is 0 Å². The largest absolute Gasteiger partial charge is 0.370 e. The zero-order chi connectivity index (χ0) is 16.3. The van der Waals surface area contributed by atoms with Crippen LogP contribution in [0, 0.1) is 19.8 Å². The van der Waals surface area contributed by atoms with Crippen LogP contribution in [-0.2, 0) is 10.0 Å². The quantitative estimate of drug-likeness (QED) is 0.646. The van der Waals surface area contributed by atoms with Gasteiger partial charge in [0.1, 0.15) is 0 Å². The van der Waals surface area contributed by atoms with Crippen molar-refractivity contribution >= 4 is 21.7 Å². The van der Waals surface area contributed by atoms with Crippen LogP contribution in [0.4, 0.5) is 5.69 Å². The zero-order valence-electron chi connectivity index (χ0n) is 13.3. The molecule has 2 rings (SSSR count). The fraction of sp³-hybridized carbons (Fsp3) is 0.533. The number of sulfonamides is 1. The minimum atomic E-state index is -3.09. The van der Waals surface area contributed by atoms with Crippen molar-refractivity contribution in [3.63, 3.8) is 0 Å². The Kier molecular flexibility index (Phi) is 5.08. The van der Waals surface area contributed by atoms with E-state index in [1.165, 1.54) is 21.7 Å². The van der Waals surface area contributed by atoms with Gasteiger partial charge in [-0.2, -0.15) is 0 Å². The number of guanidine groups is 1. The minimum absolute atomic E-state index is 0.231. The Morgan fingerprint density at radius 3 is 2.73 bits per heavy atom. The second-order valence-electron chi connectivity index (χ2n) is 5.93. The van der Waals surface area contributed by atoms with Gasteiger partial charge in [-0.15, -0.1) is 0 Å². The smallest absolute Gasteiger partial charge is 0.211 e. The van der Waals surface area contributed by atoms with E-state index in [-0.39, 0.29) is 5.92 Å². The monoisotopic (exact) mass is 324 g/mol. The Labute approximate surface area is 132 Å². The van der Waals surface area contributed by atoms with Gasteiger partial charge in [0.15, 0.2) is 5.96 Å². The van der Waals surface area contributed by atoms with Gasteiger partial charge in [-0.3, -0.25) is 4.99 Å². The van der Waals surface area contributed by atoms with Crippen LogP contribution in [-0.4, -0.2) is 44.6 Å². The van der Waals surface area contributed by atoms with Crippen molar-refractivity contribution in [2.45, 2.75) is 20.3 Å². The summed E-state index contributed by atoms with van der Waals surface area (Å²) < 4.78 is 24.4. The molecular weight excluding hydrogens is 300 g/mol. The molecule has 0 spiro atoms. The molecule has 6 nitrogen and oxygen atoms in total. The number of nitrogens with one attached hydrogen (secondary N) is 1. The van der Waals surface area contributed by atoms with Crippen LogP contribution in [0.15, 0.2) is 23.2 Å². The summed E-state index contributed by atoms with van der Waals surface area (Å²) in [6, 6.07) is 6.02. The van der Waals surface area contributed by atoms with E-state index in [1.807, 2.05) is 25.1 Å². The van der Waals surface area contributed by atoms with Gasteiger partial charge in [-0.25, -0.2) is 12.7 Å². The van der Waals surface area contributed by atoms with Crippen LogP contribution in [0.2, 0.25) is 0 Å². The van der Waals surface area contributed by atoms with Gasteiger partial charge >= 0.3 is 0 Å². The number of aryl methyl sites for hydroxylation is 2. The molecule has 0 bridgehead atoms. The van der Waals surface area contributed by atoms with E-state index in [4.69, 9.17) is 5.73 Å². The standard InChI is InChI=1S/C15H24N4O2S/c1-11-4-5-14(8-12(11)2)18-15(16)17-9-13-6-7-19(10-13)22(3,20)21/h4-5,8,13H,6-7,9-10H2,1-3H3,(H3,16,17,18). The molecule has 1 atom stereocenters. The number of benzene rings is 1. The molecule has 1 aliphatic rings. The second-order valence-corrected chi connectivity index (χ2v) is 7.91. The van der Waals surface area contributed by atoms with Crippen molar-refractivity contribution < 1.29 is 8.42 Å². The number of rotatable bonds is 4. The first-order chi connectivity index (χ1) is 10.3. The summed E-state index contributed by atoms with van der Waals surface area (Å²) in [5.41, 5.74) is 9.23. The lowest BCUT2D eigenvalue weighted by Gasteiger charge is -2.12. The molecule has 0 saturated carbocycles. The summed E-state index contributed by atoms with van der Waals surface area (Å²) in [5.74, 6) is 0.593. The molecule has 0 amide bonds. The lowest BCUT2D eigenvalue weighted by atomic mass is 10.1. The normalized spacial score (nSPS) is 20.3. The molecule has 1 aromatic carbocycles. The Bertz CT molecular complexity index is 670. The molecular formula is C15H24N4O2S. The van der Waals surface area contributed by atoms with Crippen molar-refractivity contribution in [1.82, 2.24) is 4.31 Å². The number of hydrogen-bond acceptors (Lipinski definition) is 3. The maximum Gasteiger partial charge on any atom is 0.211 e. The molecule has 22 heavy (non-hydrogen) atoms. The van der Waals surface area contributed by atoms with E-state index >= 15 is 0 Å². The summed E-state index contributed by atoms with van der Waals surface area (Å²) >= 11 is 0. The highest BCUT2D eigenvalue weighted by molar-refractivity contribution is 7.88. The summed E-state index contributed by atoms with van der Waals surface area (Å²) in [6.07, 6.45) is 2.07. The molecule has 3 N–H and O–H groups in total. The van der Waals surface area contributed by atoms with Gasteiger partial charge in [0.2, 0.25) is 10.0 Å². The number of anilines is 1. The number of nitrogens with two attached hydrogens (primary N) is 1. The molecule has 1 fully saturated rings. The van der Waals surface area contributed by atoms with E-state index in [2.05, 4.69) is 17.2 Å². The van der Waals surface area contributed by atoms with Crippen molar-refractivity contribution in [3.05, 3.63) is 29.3 Å². The zero-order valence-corrected chi connectivity index (χ0v) is 14.2. The summed E-state index contributed by atoms with van der Waals surface area (Å²) in [4.78, 5) is 4.33. The van der Waals surface area contributed by atoms with Gasteiger partial charge in [-0.05, 0) is 49.4 Å². The topological polar surface area (TPSA) is 87.8 Å². The van der Waals surface area contributed by atoms with Gasteiger partial charge in [0.05, 0.1) is 6.26 Å². The molecule has 0 aliphatic carbocycles. The number of nitrogens with zero attached hydrogens (tertiary/aromatic N) is 2. The van der Waals surface area contributed by atoms with Gasteiger partial charge < -0.3 is 11.1 Å². The highest BCUT2D eigenvalue weighted by atomic mass is 32.2. The molecule has 0 aromatic heterocycles. The van der Waals surface area contributed by atoms with E-state index in [1.54, 1.807) is 0 Å². The predicted octanol–water partition coefficient (Wildman–Crippen LogP) is 1.31. The summed E-state index contributed by atoms with van der Waals surface area (Å²) in [5, 5.41) is 3.07. The first-order valence-corrected chi connectivity index (χ1v) is 9.20. The van der Waals surface area contributed by atoms with E-state index < -0.39 is 10.0 Å². The Morgan fingerprint density at radius 2 is 2.14 bits per heavy atom. The molecule has 1 aromatic rings. The molecule has 1 heterocycles. The van der Waals surface area contributed by atoms with Crippen molar-refractivity contribution in [1.29, 1.82) is 0 Å². The highest BCUT2D eigenvalue weighted by Gasteiger charge is 2.28. The van der Waals surface area contributed by atoms with Crippen LogP contribution in [0.25, 0.3) is 0 Å². The highest BCUT2D eigenvalue weighted by Crippen LogP contribution is 2.19. The van der Waals surface area contributed by atoms with Crippen LogP contribution in [0.3, 0.4) is 0 Å². The third-order valence-corrected chi connectivity index (χ3v) is 5.29. The molecule has 1 unspecified atom stereocenters. The molecule has 122 valence electrons. The van der Waals surface area contributed by atoms with Crippen molar-refractivity contribution in [2.75, 3.05) is 31.2 Å². The molecule has 1 aliphatic heterocycles. The first-order valence-electron chi connectivity index (χ1n) is 7.35. The van der Waals surface area contributed by atoms with Crippen molar-refractivity contribution in [2.24, 2.45) is 16.6 Å². The first kappa shape index (κ1) is 16.8. The average Bonchev–Trinajstić information content (AvgIpc) is 2.89. The lowest BCUT2D eigenvalue weighted by Crippen LogP contribution is -2.28. The maximum atomic E-state index is 11.5. The Hall–Kier alpha value is -1.60. The Balaban J connectivity index is 1.89. The van der Waals surface area contributed by atoms with Crippen LogP contribution in [0.5, 0.6) is 0 Å². The molecule has 0 radical (unpaired) electrons. The predicted molar refractivity (Wildman–Crippen MR) is 90.6 cm³/mol. The van der Waals surface area contributed by atoms with Gasteiger partial charge in [-0.1, -0.05) is 6.07 Å². The maximum absolute atomic E-state index is 11.5. The van der Waals surface area contributed by atoms with Crippen LogP contribution >= 0.6 is 0 Å². The number of aliphatic imine (C=N–C) groups is 1. The minimum Gasteiger partial charge on any atom is -0.370 e. The summed E-state index contributed by atoms with van der Waals surface area (Å²) in [7, 11) is -3.09. The van der Waals surface area contributed by atoms with E-state index in [0.717, 1.165) is 12.1 Å². The van der Waals surface area contributed by atoms with Crippen molar-refractivity contribution in [3.8, 4) is 0 Å². The third kappa shape index (κ3) is 4.45. The lowest BCUT2D eigenvalue weighted by molar-refractivity contribution is 0.464. The Morgan fingerprint density at radius 1 is 1.41 bits per heavy atom. The van der Waals surface area contributed by atoms with Crippen LogP contribution in [0.1, 0.15) is 17.5 Å². The second kappa shape index (κ2) is 6.66. The summed E-state index contributed by atoms with van der Waals surface area (Å²) in [6.45, 7) is 5.74. The van der Waals surface area contributed by atoms with Gasteiger partial charge in [0, 0.05) is 25.3 Å². The average molecular weight is 324 g/mol. The van der Waals surface area contributed by atoms with Crippen LogP contribution < -0.4 is 11.1 Å². The SMILES string of the molecule is Cc1ccc(NC(N)=NCC2CCN(S(C)(=O)=O)C2)cc1C. The molecule has 7 heteroatoms. The fourth-order valence-corrected chi connectivity index (χ4v) is 3.40. The third-order valence-electron chi connectivity index (χ3n) is 4.02. The van der Waals surface area contributed by atoms with E-state index in [9.17, 15) is 8.42 Å².